The zero-order chi connectivity index (χ0) is 21.8. The Morgan fingerprint density at radius 2 is 1.93 bits per heavy atom. The Balaban J connectivity index is 2.03. The predicted molar refractivity (Wildman–Crippen MR) is 96.4 cm³/mol. The standard InChI is InChI=1S/C20H19F3N2O4/c1-12(2)19(3,11-24)25-17(26)10-28-18(27)16-8-7-15(29-16)13-5-4-6-14(9-13)20(21,22)23/h4-9,12H,10H2,1-3H3,(H,25,26)/t19-/m0/s1. The van der Waals surface area contributed by atoms with Gasteiger partial charge in [-0.05, 0) is 37.1 Å². The number of alkyl halides is 3. The number of ether oxygens (including phenoxy) is 1. The third-order valence-electron chi connectivity index (χ3n) is 4.40. The zero-order valence-corrected chi connectivity index (χ0v) is 16.0. The minimum atomic E-state index is -4.51. The maximum absolute atomic E-state index is 12.8. The van der Waals surface area contributed by atoms with E-state index in [4.69, 9.17) is 9.15 Å². The molecule has 6 nitrogen and oxygen atoms in total. The van der Waals surface area contributed by atoms with Gasteiger partial charge in [0.15, 0.2) is 6.61 Å². The molecule has 0 aliphatic heterocycles. The number of halogens is 3. The molecule has 154 valence electrons. The van der Waals surface area contributed by atoms with Crippen molar-refractivity contribution in [3.8, 4) is 17.4 Å². The quantitative estimate of drug-likeness (QED) is 0.724. The van der Waals surface area contributed by atoms with Crippen LogP contribution in [0.2, 0.25) is 0 Å². The Labute approximate surface area is 165 Å². The number of nitriles is 1. The Kier molecular flexibility index (Phi) is 6.37. The highest BCUT2D eigenvalue weighted by Gasteiger charge is 2.31. The number of furan rings is 1. The molecule has 0 unspecified atom stereocenters. The fourth-order valence-electron chi connectivity index (χ4n) is 2.28. The number of carbonyl (C=O) groups excluding carboxylic acids is 2. The number of nitrogens with one attached hydrogen (secondary N) is 1. The number of benzene rings is 1. The van der Waals surface area contributed by atoms with Crippen molar-refractivity contribution in [3.63, 3.8) is 0 Å². The zero-order valence-electron chi connectivity index (χ0n) is 16.0. The van der Waals surface area contributed by atoms with E-state index >= 15 is 0 Å². The minimum absolute atomic E-state index is 0.0457. The molecule has 29 heavy (non-hydrogen) atoms. The van der Waals surface area contributed by atoms with Crippen LogP contribution in [-0.4, -0.2) is 24.0 Å². The Bertz CT molecular complexity index is 944. The molecule has 1 atom stereocenters. The summed E-state index contributed by atoms with van der Waals surface area (Å²) < 4.78 is 48.6. The van der Waals surface area contributed by atoms with Crippen molar-refractivity contribution in [2.45, 2.75) is 32.5 Å². The molecule has 1 aromatic carbocycles. The number of carbonyl (C=O) groups is 2. The summed E-state index contributed by atoms with van der Waals surface area (Å²) in [5.74, 6) is -2.02. The van der Waals surface area contributed by atoms with Crippen LogP contribution in [0.1, 0.15) is 36.9 Å². The topological polar surface area (TPSA) is 92.3 Å². The van der Waals surface area contributed by atoms with Crippen molar-refractivity contribution in [1.29, 1.82) is 5.26 Å². The first-order chi connectivity index (χ1) is 13.5. The molecule has 0 aliphatic carbocycles. The van der Waals surface area contributed by atoms with Crippen molar-refractivity contribution >= 4 is 11.9 Å². The first-order valence-corrected chi connectivity index (χ1v) is 8.63. The number of nitrogens with zero attached hydrogens (tertiary/aromatic N) is 1. The van der Waals surface area contributed by atoms with Gasteiger partial charge in [0.25, 0.3) is 5.91 Å². The Morgan fingerprint density at radius 1 is 1.24 bits per heavy atom. The molecule has 1 heterocycles. The van der Waals surface area contributed by atoms with Gasteiger partial charge in [-0.1, -0.05) is 26.0 Å². The van der Waals surface area contributed by atoms with Crippen molar-refractivity contribution in [3.05, 3.63) is 47.7 Å². The second-order valence-corrected chi connectivity index (χ2v) is 6.84. The number of hydrogen-bond donors (Lipinski definition) is 1. The van der Waals surface area contributed by atoms with Crippen LogP contribution in [0, 0.1) is 17.2 Å². The number of amides is 1. The van der Waals surface area contributed by atoms with Gasteiger partial charge >= 0.3 is 12.1 Å². The molecule has 1 N–H and O–H groups in total. The van der Waals surface area contributed by atoms with E-state index < -0.39 is 35.8 Å². The van der Waals surface area contributed by atoms with Crippen molar-refractivity contribution < 1.29 is 31.9 Å². The second-order valence-electron chi connectivity index (χ2n) is 6.84. The highest BCUT2D eigenvalue weighted by atomic mass is 19.4. The highest BCUT2D eigenvalue weighted by Crippen LogP contribution is 2.32. The Morgan fingerprint density at radius 3 is 2.52 bits per heavy atom. The van der Waals surface area contributed by atoms with E-state index in [1.165, 1.54) is 24.3 Å². The molecule has 0 spiro atoms. The van der Waals surface area contributed by atoms with E-state index in [1.54, 1.807) is 20.8 Å². The van der Waals surface area contributed by atoms with E-state index in [9.17, 15) is 28.0 Å². The summed E-state index contributed by atoms with van der Waals surface area (Å²) in [6.07, 6.45) is -4.51. The van der Waals surface area contributed by atoms with Gasteiger partial charge in [-0.2, -0.15) is 18.4 Å². The molecule has 1 aromatic heterocycles. The van der Waals surface area contributed by atoms with E-state index in [-0.39, 0.29) is 23.0 Å². The van der Waals surface area contributed by atoms with Gasteiger partial charge in [-0.3, -0.25) is 4.79 Å². The molecule has 2 rings (SSSR count). The summed E-state index contributed by atoms with van der Waals surface area (Å²) in [6.45, 7) is 4.43. The predicted octanol–water partition coefficient (Wildman–Crippen LogP) is 4.18. The molecule has 0 saturated carbocycles. The van der Waals surface area contributed by atoms with Crippen LogP contribution < -0.4 is 5.32 Å². The lowest BCUT2D eigenvalue weighted by atomic mass is 9.90. The molecule has 0 bridgehead atoms. The Hall–Kier alpha value is -3.28. The molecule has 0 saturated heterocycles. The lowest BCUT2D eigenvalue weighted by Crippen LogP contribution is -2.50. The fourth-order valence-corrected chi connectivity index (χ4v) is 2.28. The second kappa shape index (κ2) is 8.39. The van der Waals surface area contributed by atoms with Gasteiger partial charge in [-0.25, -0.2) is 4.79 Å². The molecule has 1 amide bonds. The van der Waals surface area contributed by atoms with Gasteiger partial charge in [0.05, 0.1) is 11.6 Å². The number of hydrogen-bond acceptors (Lipinski definition) is 5. The summed E-state index contributed by atoms with van der Waals surface area (Å²) in [5, 5.41) is 11.7. The molecule has 0 aliphatic rings. The lowest BCUT2D eigenvalue weighted by molar-refractivity contribution is -0.137. The molecular weight excluding hydrogens is 389 g/mol. The van der Waals surface area contributed by atoms with Gasteiger partial charge in [0, 0.05) is 5.56 Å². The third kappa shape index (κ3) is 5.38. The molecule has 0 radical (unpaired) electrons. The fraction of sp³-hybridized carbons (Fsp3) is 0.350. The van der Waals surface area contributed by atoms with Gasteiger partial charge in [0.2, 0.25) is 5.76 Å². The average molecular weight is 408 g/mol. The van der Waals surface area contributed by atoms with Gasteiger partial charge in [-0.15, -0.1) is 0 Å². The lowest BCUT2D eigenvalue weighted by Gasteiger charge is -2.27. The molecule has 0 fully saturated rings. The highest BCUT2D eigenvalue weighted by molar-refractivity contribution is 5.89. The average Bonchev–Trinajstić information content (AvgIpc) is 3.15. The summed E-state index contributed by atoms with van der Waals surface area (Å²) in [6, 6.07) is 9.02. The number of esters is 1. The molecular formula is C20H19F3N2O4. The summed E-state index contributed by atoms with van der Waals surface area (Å²) >= 11 is 0. The minimum Gasteiger partial charge on any atom is -0.450 e. The van der Waals surface area contributed by atoms with Crippen LogP contribution in [0.4, 0.5) is 13.2 Å². The maximum atomic E-state index is 12.8. The van der Waals surface area contributed by atoms with Crippen LogP contribution in [0.15, 0.2) is 40.8 Å². The van der Waals surface area contributed by atoms with E-state index in [0.717, 1.165) is 12.1 Å². The van der Waals surface area contributed by atoms with Crippen LogP contribution in [0.3, 0.4) is 0 Å². The summed E-state index contributed by atoms with van der Waals surface area (Å²) in [5.41, 5.74) is -1.83. The monoisotopic (exact) mass is 408 g/mol. The van der Waals surface area contributed by atoms with Crippen LogP contribution in [0.25, 0.3) is 11.3 Å². The van der Waals surface area contributed by atoms with Crippen LogP contribution in [-0.2, 0) is 15.7 Å². The van der Waals surface area contributed by atoms with E-state index in [1.807, 2.05) is 6.07 Å². The normalized spacial score (nSPS) is 13.4. The largest absolute Gasteiger partial charge is 0.450 e. The van der Waals surface area contributed by atoms with Crippen LogP contribution >= 0.6 is 0 Å². The third-order valence-corrected chi connectivity index (χ3v) is 4.40. The summed E-state index contributed by atoms with van der Waals surface area (Å²) in [7, 11) is 0. The van der Waals surface area contributed by atoms with E-state index in [0.29, 0.717) is 0 Å². The van der Waals surface area contributed by atoms with Gasteiger partial charge < -0.3 is 14.5 Å². The summed E-state index contributed by atoms with van der Waals surface area (Å²) in [4.78, 5) is 24.0. The van der Waals surface area contributed by atoms with E-state index in [2.05, 4.69) is 5.32 Å². The van der Waals surface area contributed by atoms with Gasteiger partial charge in [0.1, 0.15) is 11.3 Å². The number of rotatable bonds is 6. The van der Waals surface area contributed by atoms with Crippen LogP contribution in [0.5, 0.6) is 0 Å². The van der Waals surface area contributed by atoms with Crippen molar-refractivity contribution in [1.82, 2.24) is 5.32 Å². The van der Waals surface area contributed by atoms with Crippen molar-refractivity contribution in [2.24, 2.45) is 5.92 Å². The first-order valence-electron chi connectivity index (χ1n) is 8.63. The maximum Gasteiger partial charge on any atom is 0.416 e. The SMILES string of the molecule is CC(C)[C@](C)(C#N)NC(=O)COC(=O)c1ccc(-c2cccc(C(F)(F)F)c2)o1. The molecule has 9 heteroatoms. The van der Waals surface area contributed by atoms with Crippen molar-refractivity contribution in [2.75, 3.05) is 6.61 Å². The molecule has 2 aromatic rings. The smallest absolute Gasteiger partial charge is 0.416 e. The first kappa shape index (κ1) is 22.0.